The minimum Gasteiger partial charge on any atom is -0.358 e. The molecule has 0 unspecified atom stereocenters. The summed E-state index contributed by atoms with van der Waals surface area (Å²) in [5.74, 6) is -0.524. The zero-order valence-corrected chi connectivity index (χ0v) is 11.6. The molecule has 0 aliphatic carbocycles. The molecule has 2 aromatic carbocycles. The lowest BCUT2D eigenvalue weighted by atomic mass is 10.1. The summed E-state index contributed by atoms with van der Waals surface area (Å²) in [6.45, 7) is 1.95. The molecule has 0 saturated heterocycles. The minimum absolute atomic E-state index is 0.159. The lowest BCUT2D eigenvalue weighted by Crippen LogP contribution is -2.14. The average molecular weight is 282 g/mol. The molecule has 1 amide bonds. The third kappa shape index (κ3) is 2.79. The minimum atomic E-state index is -0.365. The molecule has 1 aromatic heterocycles. The smallest absolute Gasteiger partial charge is 0.228 e. The number of rotatable bonds is 3. The van der Waals surface area contributed by atoms with Gasteiger partial charge in [0.05, 0.1) is 6.42 Å². The Morgan fingerprint density at radius 3 is 2.81 bits per heavy atom. The van der Waals surface area contributed by atoms with E-state index in [9.17, 15) is 9.18 Å². The Balaban J connectivity index is 1.82. The molecular weight excluding hydrogens is 267 g/mol. The molecule has 106 valence electrons. The van der Waals surface area contributed by atoms with Crippen molar-refractivity contribution in [3.8, 4) is 0 Å². The van der Waals surface area contributed by atoms with Crippen LogP contribution in [-0.4, -0.2) is 10.9 Å². The summed E-state index contributed by atoms with van der Waals surface area (Å²) in [6, 6.07) is 13.8. The van der Waals surface area contributed by atoms with E-state index in [0.717, 1.165) is 22.2 Å². The van der Waals surface area contributed by atoms with E-state index in [2.05, 4.69) is 10.3 Å². The molecule has 21 heavy (non-hydrogen) atoms. The van der Waals surface area contributed by atoms with Crippen LogP contribution in [0.2, 0.25) is 0 Å². The van der Waals surface area contributed by atoms with Crippen LogP contribution in [0.1, 0.15) is 11.3 Å². The highest BCUT2D eigenvalue weighted by Gasteiger charge is 2.12. The summed E-state index contributed by atoms with van der Waals surface area (Å²) in [5, 5.41) is 3.77. The first-order valence-corrected chi connectivity index (χ1v) is 6.75. The lowest BCUT2D eigenvalue weighted by molar-refractivity contribution is -0.115. The fourth-order valence-electron chi connectivity index (χ4n) is 2.49. The zero-order chi connectivity index (χ0) is 14.8. The Kier molecular flexibility index (Phi) is 3.44. The third-order valence-electron chi connectivity index (χ3n) is 3.47. The third-order valence-corrected chi connectivity index (χ3v) is 3.47. The van der Waals surface area contributed by atoms with Crippen LogP contribution < -0.4 is 5.32 Å². The van der Waals surface area contributed by atoms with E-state index in [4.69, 9.17) is 0 Å². The number of amides is 1. The van der Waals surface area contributed by atoms with E-state index in [-0.39, 0.29) is 18.1 Å². The first-order chi connectivity index (χ1) is 10.1. The summed E-state index contributed by atoms with van der Waals surface area (Å²) >= 11 is 0. The molecule has 0 spiro atoms. The molecule has 0 aliphatic heterocycles. The second kappa shape index (κ2) is 5.40. The van der Waals surface area contributed by atoms with E-state index in [1.807, 2.05) is 31.2 Å². The second-order valence-corrected chi connectivity index (χ2v) is 5.01. The Bertz CT molecular complexity index is 807. The number of aromatic nitrogens is 1. The van der Waals surface area contributed by atoms with Gasteiger partial charge in [0.1, 0.15) is 5.82 Å². The van der Waals surface area contributed by atoms with Crippen LogP contribution in [0.3, 0.4) is 0 Å². The van der Waals surface area contributed by atoms with Crippen LogP contribution in [0.4, 0.5) is 10.1 Å². The number of carbonyl (C=O) groups is 1. The van der Waals surface area contributed by atoms with Crippen molar-refractivity contribution in [2.45, 2.75) is 13.3 Å². The van der Waals surface area contributed by atoms with Crippen molar-refractivity contribution in [1.82, 2.24) is 4.98 Å². The van der Waals surface area contributed by atoms with Crippen molar-refractivity contribution in [3.05, 3.63) is 65.6 Å². The Labute approximate surface area is 121 Å². The Morgan fingerprint density at radius 1 is 1.19 bits per heavy atom. The van der Waals surface area contributed by atoms with Gasteiger partial charge in [-0.3, -0.25) is 4.79 Å². The monoisotopic (exact) mass is 282 g/mol. The standard InChI is InChI=1S/C17H15FN2O/c1-11-15(14-7-2-3-8-16(14)19-11)10-17(21)20-13-6-4-5-12(18)9-13/h2-9,19H,10H2,1H3,(H,20,21). The summed E-state index contributed by atoms with van der Waals surface area (Å²) in [6.07, 6.45) is 0.256. The number of halogens is 1. The number of H-pyrrole nitrogens is 1. The fourth-order valence-corrected chi connectivity index (χ4v) is 2.49. The van der Waals surface area contributed by atoms with E-state index in [1.54, 1.807) is 12.1 Å². The van der Waals surface area contributed by atoms with Crippen LogP contribution in [0.15, 0.2) is 48.5 Å². The number of aryl methyl sites for hydroxylation is 1. The highest BCUT2D eigenvalue weighted by molar-refractivity contribution is 5.96. The van der Waals surface area contributed by atoms with Crippen molar-refractivity contribution in [2.24, 2.45) is 0 Å². The van der Waals surface area contributed by atoms with Gasteiger partial charge in [-0.05, 0) is 36.8 Å². The van der Waals surface area contributed by atoms with Crippen LogP contribution in [0.5, 0.6) is 0 Å². The van der Waals surface area contributed by atoms with Gasteiger partial charge in [-0.2, -0.15) is 0 Å². The lowest BCUT2D eigenvalue weighted by Gasteiger charge is -2.05. The van der Waals surface area contributed by atoms with Crippen molar-refractivity contribution in [3.63, 3.8) is 0 Å². The van der Waals surface area contributed by atoms with Gasteiger partial charge >= 0.3 is 0 Å². The van der Waals surface area contributed by atoms with Gasteiger partial charge in [-0.15, -0.1) is 0 Å². The quantitative estimate of drug-likeness (QED) is 0.754. The first kappa shape index (κ1) is 13.4. The van der Waals surface area contributed by atoms with E-state index in [0.29, 0.717) is 5.69 Å². The number of hydrogen-bond acceptors (Lipinski definition) is 1. The molecule has 2 N–H and O–H groups in total. The highest BCUT2D eigenvalue weighted by atomic mass is 19.1. The molecule has 0 saturated carbocycles. The van der Waals surface area contributed by atoms with Gasteiger partial charge in [-0.1, -0.05) is 24.3 Å². The van der Waals surface area contributed by atoms with Crippen molar-refractivity contribution < 1.29 is 9.18 Å². The van der Waals surface area contributed by atoms with Gasteiger partial charge in [0, 0.05) is 22.3 Å². The van der Waals surface area contributed by atoms with E-state index < -0.39 is 0 Å². The SMILES string of the molecule is Cc1[nH]c2ccccc2c1CC(=O)Nc1cccc(F)c1. The maximum Gasteiger partial charge on any atom is 0.228 e. The summed E-state index contributed by atoms with van der Waals surface area (Å²) in [7, 11) is 0. The van der Waals surface area contributed by atoms with Crippen LogP contribution in [0, 0.1) is 12.7 Å². The van der Waals surface area contributed by atoms with Gasteiger partial charge in [0.25, 0.3) is 0 Å². The number of fused-ring (bicyclic) bond motifs is 1. The molecule has 3 aromatic rings. The molecule has 0 bridgehead atoms. The van der Waals surface area contributed by atoms with Crippen LogP contribution in [0.25, 0.3) is 10.9 Å². The molecule has 0 fully saturated rings. The van der Waals surface area contributed by atoms with Gasteiger partial charge in [0.2, 0.25) is 5.91 Å². The summed E-state index contributed by atoms with van der Waals surface area (Å²) < 4.78 is 13.1. The first-order valence-electron chi connectivity index (χ1n) is 6.75. The van der Waals surface area contributed by atoms with Gasteiger partial charge in [-0.25, -0.2) is 4.39 Å². The molecule has 1 heterocycles. The number of anilines is 1. The summed E-state index contributed by atoms with van der Waals surface area (Å²) in [4.78, 5) is 15.4. The molecule has 0 aliphatic rings. The fraction of sp³-hybridized carbons (Fsp3) is 0.118. The highest BCUT2D eigenvalue weighted by Crippen LogP contribution is 2.22. The maximum absolute atomic E-state index is 13.1. The molecular formula is C17H15FN2O. The molecule has 3 rings (SSSR count). The number of carbonyl (C=O) groups excluding carboxylic acids is 1. The normalized spacial score (nSPS) is 10.8. The van der Waals surface area contributed by atoms with Crippen LogP contribution in [-0.2, 0) is 11.2 Å². The molecule has 3 nitrogen and oxygen atoms in total. The van der Waals surface area contributed by atoms with Crippen molar-refractivity contribution >= 4 is 22.5 Å². The zero-order valence-electron chi connectivity index (χ0n) is 11.6. The molecule has 4 heteroatoms. The molecule has 0 radical (unpaired) electrons. The topological polar surface area (TPSA) is 44.9 Å². The summed E-state index contributed by atoms with van der Waals surface area (Å²) in [5.41, 5.74) is 3.44. The Hall–Kier alpha value is -2.62. The maximum atomic E-state index is 13.1. The number of aromatic amines is 1. The van der Waals surface area contributed by atoms with Crippen molar-refractivity contribution in [2.75, 3.05) is 5.32 Å². The predicted molar refractivity (Wildman–Crippen MR) is 81.8 cm³/mol. The predicted octanol–water partition coefficient (Wildman–Crippen LogP) is 3.80. The van der Waals surface area contributed by atoms with Crippen molar-refractivity contribution in [1.29, 1.82) is 0 Å². The number of hydrogen-bond donors (Lipinski definition) is 2. The van der Waals surface area contributed by atoms with Crippen LogP contribution >= 0.6 is 0 Å². The van der Waals surface area contributed by atoms with Gasteiger partial charge < -0.3 is 10.3 Å². The number of nitrogens with one attached hydrogen (secondary N) is 2. The largest absolute Gasteiger partial charge is 0.358 e. The molecule has 0 atom stereocenters. The van der Waals surface area contributed by atoms with E-state index in [1.165, 1.54) is 12.1 Å². The Morgan fingerprint density at radius 2 is 2.00 bits per heavy atom. The van der Waals surface area contributed by atoms with Gasteiger partial charge in [0.15, 0.2) is 0 Å². The second-order valence-electron chi connectivity index (χ2n) is 5.01. The van der Waals surface area contributed by atoms with E-state index >= 15 is 0 Å². The number of para-hydroxylation sites is 1. The average Bonchev–Trinajstić information content (AvgIpc) is 2.75. The number of benzene rings is 2.